The van der Waals surface area contributed by atoms with Crippen LogP contribution in [0.3, 0.4) is 0 Å². The zero-order valence-corrected chi connectivity index (χ0v) is 12.1. The maximum Gasteiger partial charge on any atom is 0.140 e. The number of hydrogen-bond donors (Lipinski definition) is 2. The molecular weight excluding hydrogens is 262 g/mol. The van der Waals surface area contributed by atoms with Crippen LogP contribution in [0.5, 0.6) is 5.75 Å². The minimum absolute atomic E-state index is 0.212. The molecule has 1 aromatic carbocycles. The van der Waals surface area contributed by atoms with Gasteiger partial charge >= 0.3 is 0 Å². The van der Waals surface area contributed by atoms with Crippen LogP contribution in [0.2, 0.25) is 5.02 Å². The molecule has 106 valence electrons. The summed E-state index contributed by atoms with van der Waals surface area (Å²) in [6, 6.07) is 5.95. The first-order valence-electron chi connectivity index (χ1n) is 6.98. The Morgan fingerprint density at radius 2 is 2.16 bits per heavy atom. The highest BCUT2D eigenvalue weighted by Gasteiger charge is 2.21. The summed E-state index contributed by atoms with van der Waals surface area (Å²) in [6.45, 7) is 3.28. The fraction of sp³-hybridized carbons (Fsp3) is 0.600. The first-order valence-corrected chi connectivity index (χ1v) is 7.35. The standard InChI is InChI=1S/C15H22ClNO2/c1-11-5-4-6-12(16)15(11)19-10-9-17-13-7-2-3-8-14(13)18/h4-6,13-14,17-18H,2-3,7-10H2,1H3. The van der Waals surface area contributed by atoms with Gasteiger partial charge in [0.05, 0.1) is 11.1 Å². The third-order valence-electron chi connectivity index (χ3n) is 3.65. The molecule has 0 aromatic heterocycles. The minimum Gasteiger partial charge on any atom is -0.490 e. The van der Waals surface area contributed by atoms with E-state index in [1.807, 2.05) is 25.1 Å². The first-order chi connectivity index (χ1) is 9.18. The fourth-order valence-electron chi connectivity index (χ4n) is 2.55. The van der Waals surface area contributed by atoms with E-state index in [2.05, 4.69) is 5.32 Å². The summed E-state index contributed by atoms with van der Waals surface area (Å²) in [4.78, 5) is 0. The van der Waals surface area contributed by atoms with E-state index < -0.39 is 0 Å². The van der Waals surface area contributed by atoms with Gasteiger partial charge in [-0.15, -0.1) is 0 Å². The van der Waals surface area contributed by atoms with Gasteiger partial charge in [-0.25, -0.2) is 0 Å². The molecule has 0 bridgehead atoms. The molecule has 2 atom stereocenters. The van der Waals surface area contributed by atoms with Gasteiger partial charge in [-0.05, 0) is 31.4 Å². The number of rotatable bonds is 5. The van der Waals surface area contributed by atoms with Gasteiger partial charge in [-0.2, -0.15) is 0 Å². The summed E-state index contributed by atoms with van der Waals surface area (Å²) in [5.41, 5.74) is 1.05. The minimum atomic E-state index is -0.212. The smallest absolute Gasteiger partial charge is 0.140 e. The summed E-state index contributed by atoms with van der Waals surface area (Å²) < 4.78 is 5.72. The quantitative estimate of drug-likeness (QED) is 0.817. The molecule has 1 saturated carbocycles. The van der Waals surface area contributed by atoms with Crippen LogP contribution in [-0.4, -0.2) is 30.4 Å². The molecule has 0 amide bonds. The Morgan fingerprint density at radius 1 is 1.37 bits per heavy atom. The molecule has 1 aliphatic carbocycles. The summed E-state index contributed by atoms with van der Waals surface area (Å²) in [5.74, 6) is 0.759. The molecule has 2 N–H and O–H groups in total. The Labute approximate surface area is 119 Å². The number of aliphatic hydroxyl groups is 1. The summed E-state index contributed by atoms with van der Waals surface area (Å²) in [6.07, 6.45) is 4.07. The van der Waals surface area contributed by atoms with Crippen molar-refractivity contribution in [2.24, 2.45) is 0 Å². The number of para-hydroxylation sites is 1. The highest BCUT2D eigenvalue weighted by Crippen LogP contribution is 2.27. The van der Waals surface area contributed by atoms with Gasteiger partial charge in [0.25, 0.3) is 0 Å². The lowest BCUT2D eigenvalue weighted by atomic mass is 9.93. The van der Waals surface area contributed by atoms with Gasteiger partial charge in [0.1, 0.15) is 12.4 Å². The van der Waals surface area contributed by atoms with Crippen molar-refractivity contribution in [1.82, 2.24) is 5.32 Å². The first kappa shape index (κ1) is 14.6. The van der Waals surface area contributed by atoms with E-state index in [0.717, 1.165) is 37.1 Å². The third kappa shape index (κ3) is 4.10. The molecule has 0 spiro atoms. The summed E-state index contributed by atoms with van der Waals surface area (Å²) in [7, 11) is 0. The molecule has 4 heteroatoms. The monoisotopic (exact) mass is 283 g/mol. The van der Waals surface area contributed by atoms with Gasteiger partial charge in [-0.3, -0.25) is 0 Å². The van der Waals surface area contributed by atoms with Crippen LogP contribution in [0.15, 0.2) is 18.2 Å². The van der Waals surface area contributed by atoms with Crippen LogP contribution in [-0.2, 0) is 0 Å². The molecule has 3 nitrogen and oxygen atoms in total. The average molecular weight is 284 g/mol. The van der Waals surface area contributed by atoms with E-state index in [-0.39, 0.29) is 12.1 Å². The van der Waals surface area contributed by atoms with Gasteiger partial charge < -0.3 is 15.2 Å². The molecular formula is C15H22ClNO2. The Morgan fingerprint density at radius 3 is 2.89 bits per heavy atom. The van der Waals surface area contributed by atoms with Crippen molar-refractivity contribution in [3.8, 4) is 5.75 Å². The predicted octanol–water partition coefficient (Wildman–Crippen LogP) is 2.92. The maximum atomic E-state index is 9.85. The Kier molecular flexibility index (Phi) is 5.49. The summed E-state index contributed by atoms with van der Waals surface area (Å²) >= 11 is 6.09. The van der Waals surface area contributed by atoms with E-state index in [9.17, 15) is 5.11 Å². The molecule has 0 heterocycles. The van der Waals surface area contributed by atoms with E-state index in [0.29, 0.717) is 11.6 Å². The highest BCUT2D eigenvalue weighted by atomic mass is 35.5. The molecule has 1 fully saturated rings. The van der Waals surface area contributed by atoms with Gasteiger partial charge in [0.2, 0.25) is 0 Å². The van der Waals surface area contributed by atoms with E-state index in [4.69, 9.17) is 16.3 Å². The van der Waals surface area contributed by atoms with Gasteiger partial charge in [0, 0.05) is 12.6 Å². The maximum absolute atomic E-state index is 9.85. The van der Waals surface area contributed by atoms with Crippen molar-refractivity contribution in [3.05, 3.63) is 28.8 Å². The second-order valence-electron chi connectivity index (χ2n) is 5.15. The second kappa shape index (κ2) is 7.13. The largest absolute Gasteiger partial charge is 0.490 e. The zero-order valence-electron chi connectivity index (χ0n) is 11.4. The lowest BCUT2D eigenvalue weighted by Gasteiger charge is -2.28. The van der Waals surface area contributed by atoms with Gasteiger partial charge in [0.15, 0.2) is 0 Å². The number of aryl methyl sites for hydroxylation is 1. The van der Waals surface area contributed by atoms with Crippen molar-refractivity contribution in [2.45, 2.75) is 44.8 Å². The molecule has 1 aliphatic rings. The predicted molar refractivity (Wildman–Crippen MR) is 77.9 cm³/mol. The molecule has 19 heavy (non-hydrogen) atoms. The zero-order chi connectivity index (χ0) is 13.7. The Hall–Kier alpha value is -0.770. The van der Waals surface area contributed by atoms with Crippen LogP contribution in [0.25, 0.3) is 0 Å². The molecule has 1 aromatic rings. The molecule has 0 saturated heterocycles. The van der Waals surface area contributed by atoms with Crippen LogP contribution in [0.4, 0.5) is 0 Å². The number of ether oxygens (including phenoxy) is 1. The molecule has 2 rings (SSSR count). The molecule has 0 radical (unpaired) electrons. The lowest BCUT2D eigenvalue weighted by Crippen LogP contribution is -2.43. The average Bonchev–Trinajstić information content (AvgIpc) is 2.39. The van der Waals surface area contributed by atoms with Gasteiger partial charge in [-0.1, -0.05) is 36.6 Å². The molecule has 0 aliphatic heterocycles. The lowest BCUT2D eigenvalue weighted by molar-refractivity contribution is 0.0890. The fourth-order valence-corrected chi connectivity index (χ4v) is 2.82. The normalized spacial score (nSPS) is 23.3. The van der Waals surface area contributed by atoms with E-state index >= 15 is 0 Å². The topological polar surface area (TPSA) is 41.5 Å². The third-order valence-corrected chi connectivity index (χ3v) is 3.95. The highest BCUT2D eigenvalue weighted by molar-refractivity contribution is 6.32. The van der Waals surface area contributed by atoms with E-state index in [1.165, 1.54) is 6.42 Å². The Bertz CT molecular complexity index is 391. The Balaban J connectivity index is 1.74. The van der Waals surface area contributed by atoms with Crippen LogP contribution in [0.1, 0.15) is 31.2 Å². The van der Waals surface area contributed by atoms with Crippen molar-refractivity contribution in [2.75, 3.05) is 13.2 Å². The van der Waals surface area contributed by atoms with Crippen LogP contribution < -0.4 is 10.1 Å². The van der Waals surface area contributed by atoms with Crippen molar-refractivity contribution < 1.29 is 9.84 Å². The number of aliphatic hydroxyl groups excluding tert-OH is 1. The molecule has 2 unspecified atom stereocenters. The van der Waals surface area contributed by atoms with Crippen molar-refractivity contribution in [1.29, 1.82) is 0 Å². The van der Waals surface area contributed by atoms with E-state index in [1.54, 1.807) is 0 Å². The summed E-state index contributed by atoms with van der Waals surface area (Å²) in [5, 5.41) is 13.9. The number of halogens is 1. The van der Waals surface area contributed by atoms with Crippen molar-refractivity contribution in [3.63, 3.8) is 0 Å². The SMILES string of the molecule is Cc1cccc(Cl)c1OCCNC1CCCCC1O. The second-order valence-corrected chi connectivity index (χ2v) is 5.55. The van der Waals surface area contributed by atoms with Crippen LogP contribution in [0, 0.1) is 6.92 Å². The van der Waals surface area contributed by atoms with Crippen molar-refractivity contribution >= 4 is 11.6 Å². The number of nitrogens with one attached hydrogen (secondary N) is 1. The number of hydrogen-bond acceptors (Lipinski definition) is 3. The van der Waals surface area contributed by atoms with Crippen LogP contribution >= 0.6 is 11.6 Å². The number of benzene rings is 1.